The number of halogens is 2. The molecule has 0 spiro atoms. The Morgan fingerprint density at radius 3 is 2.66 bits per heavy atom. The number of H-pyrrole nitrogens is 1. The molecule has 29 heavy (non-hydrogen) atoms. The first-order chi connectivity index (χ1) is 13.4. The van der Waals surface area contributed by atoms with E-state index in [1.165, 1.54) is 0 Å². The van der Waals surface area contributed by atoms with E-state index in [-0.39, 0.29) is 19.0 Å². The Kier molecular flexibility index (Phi) is 7.05. The maximum absolute atomic E-state index is 12.3. The van der Waals surface area contributed by atoms with E-state index in [4.69, 9.17) is 0 Å². The van der Waals surface area contributed by atoms with Crippen LogP contribution >= 0.6 is 12.4 Å². The lowest BCUT2D eigenvalue weighted by Gasteiger charge is -2.12. The van der Waals surface area contributed by atoms with E-state index in [2.05, 4.69) is 10.3 Å². The van der Waals surface area contributed by atoms with Crippen molar-refractivity contribution in [2.24, 2.45) is 7.05 Å². The molecule has 0 saturated carbocycles. The zero-order chi connectivity index (χ0) is 20.4. The third-order valence-corrected chi connectivity index (χ3v) is 4.87. The topological polar surface area (TPSA) is 107 Å². The number of carboxylic acids is 1. The summed E-state index contributed by atoms with van der Waals surface area (Å²) in [5.41, 5.74) is 1.89. The van der Waals surface area contributed by atoms with Gasteiger partial charge >= 0.3 is 5.97 Å². The molecule has 3 rings (SSSR count). The van der Waals surface area contributed by atoms with E-state index in [1.807, 2.05) is 35.9 Å². The molecule has 4 N–H and O–H groups in total. The standard InChI is InChI=1S/C20H22FN3O4.ClH/c1-3-14-17(23-19(26)16(18(14)25)20(27)28)11-4-5-15-12(8-11)9-13(24(15)2)10-22-7-6-21;/h4-5,8-9,22H,3,6-7,10H2,1-2H3,(H,27,28)(H2,23,25,26);1H. The van der Waals surface area contributed by atoms with Gasteiger partial charge in [-0.25, -0.2) is 9.18 Å². The molecule has 3 aromatic rings. The number of nitrogens with one attached hydrogen (secondary N) is 2. The molecule has 1 aromatic carbocycles. The van der Waals surface area contributed by atoms with Gasteiger partial charge in [0.15, 0.2) is 5.56 Å². The molecule has 0 bridgehead atoms. The summed E-state index contributed by atoms with van der Waals surface area (Å²) in [5.74, 6) is -1.97. The van der Waals surface area contributed by atoms with Gasteiger partial charge in [-0.3, -0.25) is 4.79 Å². The summed E-state index contributed by atoms with van der Waals surface area (Å²) in [4.78, 5) is 26.0. The molecule has 0 unspecified atom stereocenters. The molecule has 9 heteroatoms. The summed E-state index contributed by atoms with van der Waals surface area (Å²) in [6, 6.07) is 7.55. The number of hydrogen-bond donors (Lipinski definition) is 4. The van der Waals surface area contributed by atoms with Gasteiger partial charge in [-0.1, -0.05) is 13.0 Å². The fourth-order valence-corrected chi connectivity index (χ4v) is 3.43. The maximum Gasteiger partial charge on any atom is 0.345 e. The van der Waals surface area contributed by atoms with Crippen LogP contribution in [0.15, 0.2) is 29.1 Å². The quantitative estimate of drug-likeness (QED) is 0.437. The summed E-state index contributed by atoms with van der Waals surface area (Å²) in [5, 5.41) is 23.4. The van der Waals surface area contributed by atoms with Gasteiger partial charge in [0.1, 0.15) is 12.4 Å². The summed E-state index contributed by atoms with van der Waals surface area (Å²) in [6.07, 6.45) is 0.351. The molecule has 0 aliphatic carbocycles. The number of rotatable bonds is 7. The molecule has 0 amide bonds. The predicted octanol–water partition coefficient (Wildman–Crippen LogP) is 2.98. The first kappa shape index (κ1) is 22.4. The van der Waals surface area contributed by atoms with Crippen LogP contribution in [0.5, 0.6) is 5.75 Å². The van der Waals surface area contributed by atoms with Gasteiger partial charge in [-0.15, -0.1) is 12.4 Å². The number of fused-ring (bicyclic) bond motifs is 1. The molecule has 156 valence electrons. The van der Waals surface area contributed by atoms with Crippen LogP contribution < -0.4 is 10.9 Å². The van der Waals surface area contributed by atoms with Crippen molar-refractivity contribution in [2.45, 2.75) is 19.9 Å². The molecule has 0 saturated heterocycles. The number of nitrogens with zero attached hydrogens (tertiary/aromatic N) is 1. The number of aryl methyl sites for hydroxylation is 1. The number of aromatic carboxylic acids is 1. The van der Waals surface area contributed by atoms with Crippen LogP contribution in [-0.4, -0.2) is 39.0 Å². The lowest BCUT2D eigenvalue weighted by molar-refractivity contribution is 0.0691. The monoisotopic (exact) mass is 423 g/mol. The number of aromatic nitrogens is 2. The van der Waals surface area contributed by atoms with Crippen molar-refractivity contribution in [3.63, 3.8) is 0 Å². The van der Waals surface area contributed by atoms with Crippen molar-refractivity contribution in [1.82, 2.24) is 14.9 Å². The molecule has 0 aliphatic heterocycles. The van der Waals surface area contributed by atoms with Gasteiger partial charge in [-0.2, -0.15) is 0 Å². The summed E-state index contributed by atoms with van der Waals surface area (Å²) in [7, 11) is 1.92. The van der Waals surface area contributed by atoms with Crippen LogP contribution in [0.25, 0.3) is 22.2 Å². The first-order valence-corrected chi connectivity index (χ1v) is 8.95. The van der Waals surface area contributed by atoms with Crippen LogP contribution in [0.4, 0.5) is 4.39 Å². The maximum atomic E-state index is 12.3. The van der Waals surface area contributed by atoms with Gasteiger partial charge in [-0.05, 0) is 30.2 Å². The van der Waals surface area contributed by atoms with Gasteiger partial charge in [0.05, 0.1) is 5.69 Å². The zero-order valence-electron chi connectivity index (χ0n) is 16.1. The fraction of sp³-hybridized carbons (Fsp3) is 0.300. The zero-order valence-corrected chi connectivity index (χ0v) is 16.9. The average Bonchev–Trinajstić information content (AvgIpc) is 2.96. The first-order valence-electron chi connectivity index (χ1n) is 8.95. The van der Waals surface area contributed by atoms with Gasteiger partial charge in [0.25, 0.3) is 5.56 Å². The molecule has 7 nitrogen and oxygen atoms in total. The van der Waals surface area contributed by atoms with Crippen LogP contribution in [0.3, 0.4) is 0 Å². The van der Waals surface area contributed by atoms with Gasteiger partial charge in [0, 0.05) is 42.3 Å². The number of alkyl halides is 1. The van der Waals surface area contributed by atoms with Crippen LogP contribution in [0, 0.1) is 0 Å². The molecule has 0 atom stereocenters. The van der Waals surface area contributed by atoms with Crippen molar-refractivity contribution in [3.8, 4) is 17.0 Å². The number of pyridine rings is 1. The van der Waals surface area contributed by atoms with Crippen LogP contribution in [0.1, 0.15) is 28.5 Å². The third kappa shape index (κ3) is 4.13. The second kappa shape index (κ2) is 9.11. The minimum Gasteiger partial charge on any atom is -0.506 e. The number of aromatic hydroxyl groups is 1. The minimum absolute atomic E-state index is 0. The summed E-state index contributed by atoms with van der Waals surface area (Å²) in [6.45, 7) is 2.15. The van der Waals surface area contributed by atoms with E-state index < -0.39 is 29.5 Å². The predicted molar refractivity (Wildman–Crippen MR) is 112 cm³/mol. The Hall–Kier alpha value is -2.84. The van der Waals surface area contributed by atoms with Crippen molar-refractivity contribution in [1.29, 1.82) is 0 Å². The van der Waals surface area contributed by atoms with Gasteiger partial charge in [0.2, 0.25) is 0 Å². The normalized spacial score (nSPS) is 10.9. The smallest absolute Gasteiger partial charge is 0.345 e. The SMILES string of the molecule is CCc1c(-c2ccc3c(c2)cc(CNCCF)n3C)[nH]c(=O)c(C(=O)O)c1O.Cl. The highest BCUT2D eigenvalue weighted by atomic mass is 35.5. The molecule has 0 radical (unpaired) electrons. The van der Waals surface area contributed by atoms with Crippen LogP contribution in [0.2, 0.25) is 0 Å². The molecule has 0 aliphatic rings. The third-order valence-electron chi connectivity index (χ3n) is 4.87. The highest BCUT2D eigenvalue weighted by molar-refractivity contribution is 5.92. The minimum atomic E-state index is -1.47. The second-order valence-corrected chi connectivity index (χ2v) is 6.52. The molecule has 2 aromatic heterocycles. The fourth-order valence-electron chi connectivity index (χ4n) is 3.43. The van der Waals surface area contributed by atoms with Crippen molar-refractivity contribution in [2.75, 3.05) is 13.2 Å². The van der Waals surface area contributed by atoms with Crippen LogP contribution in [-0.2, 0) is 20.0 Å². The Morgan fingerprint density at radius 2 is 2.03 bits per heavy atom. The van der Waals surface area contributed by atoms with E-state index in [0.717, 1.165) is 16.6 Å². The van der Waals surface area contributed by atoms with E-state index >= 15 is 0 Å². The van der Waals surface area contributed by atoms with Crippen molar-refractivity contribution in [3.05, 3.63) is 51.4 Å². The number of hydrogen-bond acceptors (Lipinski definition) is 4. The van der Waals surface area contributed by atoms with E-state index in [9.17, 15) is 24.2 Å². The van der Waals surface area contributed by atoms with E-state index in [1.54, 1.807) is 6.92 Å². The second-order valence-electron chi connectivity index (χ2n) is 6.52. The Bertz CT molecular complexity index is 1110. The molecular formula is C20H23ClFN3O4. The number of aromatic amines is 1. The summed E-state index contributed by atoms with van der Waals surface area (Å²) < 4.78 is 14.3. The van der Waals surface area contributed by atoms with Crippen molar-refractivity contribution < 1.29 is 19.4 Å². The lowest BCUT2D eigenvalue weighted by atomic mass is 9.99. The molecular weight excluding hydrogens is 401 g/mol. The Labute approximate surface area is 172 Å². The highest BCUT2D eigenvalue weighted by Gasteiger charge is 2.22. The van der Waals surface area contributed by atoms with Gasteiger partial charge < -0.3 is 25.1 Å². The number of benzene rings is 1. The highest BCUT2D eigenvalue weighted by Crippen LogP contribution is 2.32. The molecule has 2 heterocycles. The number of carbonyl (C=O) groups is 1. The Morgan fingerprint density at radius 1 is 1.31 bits per heavy atom. The summed E-state index contributed by atoms with van der Waals surface area (Å²) >= 11 is 0. The number of carboxylic acid groups (broad SMARTS) is 1. The lowest BCUT2D eigenvalue weighted by Crippen LogP contribution is -2.20. The van der Waals surface area contributed by atoms with E-state index in [0.29, 0.717) is 29.8 Å². The average molecular weight is 424 g/mol. The molecule has 0 fully saturated rings. The Balaban J connectivity index is 0.00000300. The largest absolute Gasteiger partial charge is 0.506 e. The van der Waals surface area contributed by atoms with Crippen molar-refractivity contribution >= 4 is 29.3 Å².